The molecule has 0 saturated heterocycles. The van der Waals surface area contributed by atoms with Crippen LogP contribution in [-0.2, 0) is 13.6 Å². The number of nitrogens with one attached hydrogen (secondary N) is 1. The van der Waals surface area contributed by atoms with Crippen LogP contribution in [0.1, 0.15) is 5.69 Å². The van der Waals surface area contributed by atoms with Gasteiger partial charge < -0.3 is 5.32 Å². The minimum atomic E-state index is 0.674. The van der Waals surface area contributed by atoms with E-state index in [0.717, 1.165) is 16.0 Å². The van der Waals surface area contributed by atoms with E-state index in [0.29, 0.717) is 6.54 Å². The molecule has 78 valence electrons. The normalized spacial score (nSPS) is 10.3. The highest BCUT2D eigenvalue weighted by Crippen LogP contribution is 2.18. The molecule has 0 aromatic carbocycles. The van der Waals surface area contributed by atoms with Crippen molar-refractivity contribution in [2.75, 3.05) is 5.32 Å². The average molecular weight is 268 g/mol. The van der Waals surface area contributed by atoms with E-state index in [-0.39, 0.29) is 0 Å². The van der Waals surface area contributed by atoms with Crippen LogP contribution in [-0.4, -0.2) is 20.0 Å². The predicted octanol–water partition coefficient (Wildman–Crippen LogP) is 1.58. The van der Waals surface area contributed by atoms with Crippen molar-refractivity contribution in [1.82, 2.24) is 20.0 Å². The van der Waals surface area contributed by atoms with E-state index < -0.39 is 0 Å². The number of hydrogen-bond acceptors (Lipinski definition) is 4. The molecule has 0 bridgehead atoms. The zero-order chi connectivity index (χ0) is 10.7. The van der Waals surface area contributed by atoms with E-state index in [9.17, 15) is 0 Å². The fourth-order valence-corrected chi connectivity index (χ4v) is 1.57. The molecule has 2 aromatic rings. The first-order valence-electron chi connectivity index (χ1n) is 4.45. The second kappa shape index (κ2) is 4.39. The van der Waals surface area contributed by atoms with Crippen LogP contribution < -0.4 is 5.32 Å². The smallest absolute Gasteiger partial charge is 0.129 e. The molecule has 2 aromatic heterocycles. The van der Waals surface area contributed by atoms with Crippen molar-refractivity contribution in [2.24, 2.45) is 7.05 Å². The molecular weight excluding hydrogens is 258 g/mol. The Hall–Kier alpha value is -1.43. The molecule has 6 heteroatoms. The largest absolute Gasteiger partial charge is 0.377 e. The Bertz CT molecular complexity index is 453. The van der Waals surface area contributed by atoms with Crippen molar-refractivity contribution >= 4 is 21.6 Å². The Morgan fingerprint density at radius 2 is 2.40 bits per heavy atom. The molecule has 0 amide bonds. The second-order valence-corrected chi connectivity index (χ2v) is 3.80. The maximum absolute atomic E-state index is 4.12. The molecule has 1 N–H and O–H groups in total. The first-order chi connectivity index (χ1) is 7.27. The summed E-state index contributed by atoms with van der Waals surface area (Å²) in [6, 6.07) is 3.84. The lowest BCUT2D eigenvalue weighted by atomic mass is 10.4. The Morgan fingerprint density at radius 3 is 3.07 bits per heavy atom. The molecule has 0 spiro atoms. The van der Waals surface area contributed by atoms with Crippen LogP contribution in [0.3, 0.4) is 0 Å². The SMILES string of the molecule is Cn1nncc1CNc1cccnc1Br. The Kier molecular flexibility index (Phi) is 2.96. The molecule has 0 aliphatic heterocycles. The molecular formula is C9H10BrN5. The number of hydrogen-bond donors (Lipinski definition) is 1. The summed E-state index contributed by atoms with van der Waals surface area (Å²) in [7, 11) is 1.86. The summed E-state index contributed by atoms with van der Waals surface area (Å²) < 4.78 is 2.54. The zero-order valence-electron chi connectivity index (χ0n) is 8.18. The summed E-state index contributed by atoms with van der Waals surface area (Å²) in [4.78, 5) is 4.12. The van der Waals surface area contributed by atoms with E-state index in [1.54, 1.807) is 17.1 Å². The quantitative estimate of drug-likeness (QED) is 0.859. The van der Waals surface area contributed by atoms with Gasteiger partial charge in [0.15, 0.2) is 0 Å². The second-order valence-electron chi connectivity index (χ2n) is 3.04. The Balaban J connectivity index is 2.06. The summed E-state index contributed by atoms with van der Waals surface area (Å²) in [6.45, 7) is 0.674. The maximum atomic E-state index is 4.12. The number of aromatic nitrogens is 4. The van der Waals surface area contributed by atoms with Crippen molar-refractivity contribution in [3.05, 3.63) is 34.8 Å². The lowest BCUT2D eigenvalue weighted by Crippen LogP contribution is -2.05. The van der Waals surface area contributed by atoms with Crippen molar-refractivity contribution in [3.63, 3.8) is 0 Å². The van der Waals surface area contributed by atoms with E-state index in [4.69, 9.17) is 0 Å². The molecule has 0 radical (unpaired) electrons. The van der Waals surface area contributed by atoms with E-state index in [2.05, 4.69) is 36.5 Å². The number of halogens is 1. The van der Waals surface area contributed by atoms with Crippen LogP contribution in [0, 0.1) is 0 Å². The number of aryl methyl sites for hydroxylation is 1. The first-order valence-corrected chi connectivity index (χ1v) is 5.24. The third-order valence-corrected chi connectivity index (χ3v) is 2.66. The Labute approximate surface area is 95.7 Å². The molecule has 0 aliphatic rings. The number of nitrogens with zero attached hydrogens (tertiary/aromatic N) is 4. The number of pyridine rings is 1. The van der Waals surface area contributed by atoms with Gasteiger partial charge >= 0.3 is 0 Å². The maximum Gasteiger partial charge on any atom is 0.129 e. The van der Waals surface area contributed by atoms with Gasteiger partial charge in [0, 0.05) is 13.2 Å². The summed E-state index contributed by atoms with van der Waals surface area (Å²) in [5.74, 6) is 0. The van der Waals surface area contributed by atoms with Gasteiger partial charge in [0.1, 0.15) is 4.60 Å². The third-order valence-electron chi connectivity index (χ3n) is 2.03. The summed E-state index contributed by atoms with van der Waals surface area (Å²) in [5.41, 5.74) is 1.98. The van der Waals surface area contributed by atoms with Gasteiger partial charge in [-0.25, -0.2) is 4.98 Å². The van der Waals surface area contributed by atoms with E-state index in [1.165, 1.54) is 0 Å². The minimum Gasteiger partial charge on any atom is -0.377 e. The monoisotopic (exact) mass is 267 g/mol. The highest BCUT2D eigenvalue weighted by atomic mass is 79.9. The van der Waals surface area contributed by atoms with Gasteiger partial charge in [-0.05, 0) is 28.1 Å². The molecule has 0 unspecified atom stereocenters. The number of anilines is 1. The van der Waals surface area contributed by atoms with Crippen LogP contribution >= 0.6 is 15.9 Å². The van der Waals surface area contributed by atoms with Crippen LogP contribution in [0.4, 0.5) is 5.69 Å². The fraction of sp³-hybridized carbons (Fsp3) is 0.222. The predicted molar refractivity (Wildman–Crippen MR) is 60.3 cm³/mol. The topological polar surface area (TPSA) is 55.6 Å². The number of rotatable bonds is 3. The summed E-state index contributed by atoms with van der Waals surface area (Å²) in [5, 5.41) is 10.9. The van der Waals surface area contributed by atoms with Gasteiger partial charge in [0.05, 0.1) is 24.1 Å². The standard InChI is InChI=1S/C9H10BrN5/c1-15-7(6-13-14-15)5-12-8-3-2-4-11-9(8)10/h2-4,6,12H,5H2,1H3. The van der Waals surface area contributed by atoms with Crippen molar-refractivity contribution < 1.29 is 0 Å². The van der Waals surface area contributed by atoms with Gasteiger partial charge in [-0.15, -0.1) is 5.10 Å². The minimum absolute atomic E-state index is 0.674. The lowest BCUT2D eigenvalue weighted by molar-refractivity contribution is 0.683. The van der Waals surface area contributed by atoms with Crippen LogP contribution in [0.5, 0.6) is 0 Å². The zero-order valence-corrected chi connectivity index (χ0v) is 9.77. The van der Waals surface area contributed by atoms with Crippen molar-refractivity contribution in [2.45, 2.75) is 6.54 Å². The molecule has 0 aliphatic carbocycles. The highest BCUT2D eigenvalue weighted by molar-refractivity contribution is 9.10. The Morgan fingerprint density at radius 1 is 1.53 bits per heavy atom. The van der Waals surface area contributed by atoms with Gasteiger partial charge in [-0.2, -0.15) is 0 Å². The van der Waals surface area contributed by atoms with Crippen LogP contribution in [0.25, 0.3) is 0 Å². The highest BCUT2D eigenvalue weighted by Gasteiger charge is 2.02. The third kappa shape index (κ3) is 2.33. The van der Waals surface area contributed by atoms with E-state index >= 15 is 0 Å². The molecule has 0 atom stereocenters. The van der Waals surface area contributed by atoms with Gasteiger partial charge in [-0.3, -0.25) is 4.68 Å². The van der Waals surface area contributed by atoms with Crippen molar-refractivity contribution in [3.8, 4) is 0 Å². The molecule has 2 heterocycles. The van der Waals surface area contributed by atoms with Crippen LogP contribution in [0.15, 0.2) is 29.1 Å². The van der Waals surface area contributed by atoms with E-state index in [1.807, 2.05) is 19.2 Å². The molecule has 5 nitrogen and oxygen atoms in total. The van der Waals surface area contributed by atoms with Gasteiger partial charge in [0.2, 0.25) is 0 Å². The fourth-order valence-electron chi connectivity index (χ4n) is 1.17. The lowest BCUT2D eigenvalue weighted by Gasteiger charge is -2.06. The molecule has 0 saturated carbocycles. The molecule has 15 heavy (non-hydrogen) atoms. The molecule has 0 fully saturated rings. The summed E-state index contributed by atoms with van der Waals surface area (Å²) in [6.07, 6.45) is 3.47. The first kappa shape index (κ1) is 10.1. The average Bonchev–Trinajstić information content (AvgIpc) is 2.63. The molecule has 2 rings (SSSR count). The van der Waals surface area contributed by atoms with Crippen LogP contribution in [0.2, 0.25) is 0 Å². The summed E-state index contributed by atoms with van der Waals surface area (Å²) >= 11 is 3.37. The van der Waals surface area contributed by atoms with Crippen molar-refractivity contribution in [1.29, 1.82) is 0 Å². The van der Waals surface area contributed by atoms with Gasteiger partial charge in [0.25, 0.3) is 0 Å². The van der Waals surface area contributed by atoms with Gasteiger partial charge in [-0.1, -0.05) is 5.21 Å².